The zero-order valence-electron chi connectivity index (χ0n) is 14.9. The Balaban J connectivity index is 1.75. The molecule has 0 aliphatic heterocycles. The van der Waals surface area contributed by atoms with Crippen molar-refractivity contribution in [3.05, 3.63) is 83.2 Å². The summed E-state index contributed by atoms with van der Waals surface area (Å²) in [7, 11) is 1.74. The molecule has 5 nitrogen and oxygen atoms in total. The van der Waals surface area contributed by atoms with E-state index in [0.717, 1.165) is 17.7 Å². The first-order valence-electron chi connectivity index (χ1n) is 8.46. The van der Waals surface area contributed by atoms with E-state index in [1.807, 2.05) is 30.3 Å². The van der Waals surface area contributed by atoms with Crippen LogP contribution in [0.1, 0.15) is 33.3 Å². The van der Waals surface area contributed by atoms with E-state index in [0.29, 0.717) is 23.4 Å². The zero-order valence-corrected chi connectivity index (χ0v) is 14.9. The van der Waals surface area contributed by atoms with E-state index in [4.69, 9.17) is 0 Å². The number of anilines is 1. The molecule has 1 aromatic heterocycles. The number of benzene rings is 2. The summed E-state index contributed by atoms with van der Waals surface area (Å²) in [5.41, 5.74) is 2.14. The van der Waals surface area contributed by atoms with E-state index < -0.39 is 18.2 Å². The van der Waals surface area contributed by atoms with Crippen LogP contribution in [0.15, 0.2) is 60.8 Å². The van der Waals surface area contributed by atoms with Gasteiger partial charge in [-0.05, 0) is 23.3 Å². The van der Waals surface area contributed by atoms with Crippen LogP contribution in [0, 0.1) is 0 Å². The number of hydrogen-bond acceptors (Lipinski definition) is 3. The lowest BCUT2D eigenvalue weighted by molar-refractivity contribution is -0.206. The third kappa shape index (κ3) is 4.40. The minimum Gasteiger partial charge on any atom is -0.379 e. The maximum Gasteiger partial charge on any atom is 0.418 e. The summed E-state index contributed by atoms with van der Waals surface area (Å²) >= 11 is 0. The van der Waals surface area contributed by atoms with Crippen molar-refractivity contribution in [3.63, 3.8) is 0 Å². The zero-order chi connectivity index (χ0) is 20.3. The number of carbonyl (C=O) groups is 1. The first-order chi connectivity index (χ1) is 13.3. The molecule has 0 radical (unpaired) electrons. The van der Waals surface area contributed by atoms with E-state index in [9.17, 15) is 23.1 Å². The third-order valence-corrected chi connectivity index (χ3v) is 4.31. The molecule has 28 heavy (non-hydrogen) atoms. The van der Waals surface area contributed by atoms with Crippen LogP contribution in [0.5, 0.6) is 0 Å². The summed E-state index contributed by atoms with van der Waals surface area (Å²) < 4.78 is 39.3. The SMILES string of the molecule is Cn1ncc(C(=O)Nc2ccc(C(O)C(F)(F)F)cc2)c1Cc1ccccc1. The lowest BCUT2D eigenvalue weighted by Crippen LogP contribution is -2.20. The smallest absolute Gasteiger partial charge is 0.379 e. The van der Waals surface area contributed by atoms with Crippen LogP contribution in [-0.4, -0.2) is 27.0 Å². The van der Waals surface area contributed by atoms with Crippen molar-refractivity contribution in [2.45, 2.75) is 18.7 Å². The minimum atomic E-state index is -4.74. The Hall–Kier alpha value is -3.13. The van der Waals surface area contributed by atoms with Crippen molar-refractivity contribution in [2.75, 3.05) is 5.32 Å². The second kappa shape index (κ2) is 7.85. The van der Waals surface area contributed by atoms with Gasteiger partial charge >= 0.3 is 6.18 Å². The highest BCUT2D eigenvalue weighted by atomic mass is 19.4. The summed E-state index contributed by atoms with van der Waals surface area (Å²) in [6, 6.07) is 14.5. The van der Waals surface area contributed by atoms with Crippen LogP contribution in [-0.2, 0) is 13.5 Å². The van der Waals surface area contributed by atoms with E-state index in [1.54, 1.807) is 11.7 Å². The molecule has 0 saturated heterocycles. The summed E-state index contributed by atoms with van der Waals surface area (Å²) in [4.78, 5) is 12.6. The van der Waals surface area contributed by atoms with Crippen molar-refractivity contribution in [2.24, 2.45) is 7.05 Å². The van der Waals surface area contributed by atoms with Gasteiger partial charge < -0.3 is 10.4 Å². The Labute approximate surface area is 159 Å². The summed E-state index contributed by atoms with van der Waals surface area (Å²) in [5.74, 6) is -0.414. The molecule has 2 N–H and O–H groups in total. The molecular formula is C20H18F3N3O2. The van der Waals surface area contributed by atoms with Gasteiger partial charge in [0, 0.05) is 19.2 Å². The number of alkyl halides is 3. The van der Waals surface area contributed by atoms with Crippen molar-refractivity contribution in [1.82, 2.24) is 9.78 Å². The molecule has 0 fully saturated rings. The largest absolute Gasteiger partial charge is 0.418 e. The molecule has 3 aromatic rings. The number of hydrogen-bond donors (Lipinski definition) is 2. The van der Waals surface area contributed by atoms with Crippen molar-refractivity contribution in [1.29, 1.82) is 0 Å². The van der Waals surface area contributed by atoms with Gasteiger partial charge in [0.25, 0.3) is 5.91 Å². The number of halogens is 3. The molecule has 0 bridgehead atoms. The average Bonchev–Trinajstić information content (AvgIpc) is 3.02. The Morgan fingerprint density at radius 1 is 1.14 bits per heavy atom. The van der Waals surface area contributed by atoms with E-state index in [2.05, 4.69) is 10.4 Å². The molecule has 0 aliphatic rings. The molecule has 1 unspecified atom stereocenters. The summed E-state index contributed by atoms with van der Waals surface area (Å²) in [5, 5.41) is 16.0. The predicted octanol–water partition coefficient (Wildman–Crippen LogP) is 3.86. The standard InChI is InChI=1S/C20H18F3N3O2/c1-26-17(11-13-5-3-2-4-6-13)16(12-24-26)19(28)25-15-9-7-14(8-10-15)18(27)20(21,22)23/h2-10,12,18,27H,11H2,1H3,(H,25,28). The Morgan fingerprint density at radius 3 is 2.39 bits per heavy atom. The molecule has 1 atom stereocenters. The number of aryl methyl sites for hydroxylation is 1. The number of rotatable bonds is 5. The van der Waals surface area contributed by atoms with Gasteiger partial charge in [0.15, 0.2) is 6.10 Å². The summed E-state index contributed by atoms with van der Waals surface area (Å²) in [6.45, 7) is 0. The molecule has 8 heteroatoms. The van der Waals surface area contributed by atoms with Gasteiger partial charge in [-0.15, -0.1) is 0 Å². The molecule has 1 heterocycles. The molecule has 0 saturated carbocycles. The first kappa shape index (κ1) is 19.6. The monoisotopic (exact) mass is 389 g/mol. The van der Waals surface area contributed by atoms with E-state index in [-0.39, 0.29) is 5.56 Å². The van der Waals surface area contributed by atoms with Gasteiger partial charge in [-0.2, -0.15) is 18.3 Å². The van der Waals surface area contributed by atoms with E-state index in [1.165, 1.54) is 18.3 Å². The maximum absolute atomic E-state index is 12.6. The van der Waals surface area contributed by atoms with Crippen LogP contribution >= 0.6 is 0 Å². The molecular weight excluding hydrogens is 371 g/mol. The third-order valence-electron chi connectivity index (χ3n) is 4.31. The minimum absolute atomic E-state index is 0.295. The van der Waals surface area contributed by atoms with Crippen LogP contribution < -0.4 is 5.32 Å². The average molecular weight is 389 g/mol. The number of nitrogens with zero attached hydrogens (tertiary/aromatic N) is 2. The highest BCUT2D eigenvalue weighted by molar-refractivity contribution is 6.05. The lowest BCUT2D eigenvalue weighted by Gasteiger charge is -2.15. The topological polar surface area (TPSA) is 67.2 Å². The number of aliphatic hydroxyl groups is 1. The normalized spacial score (nSPS) is 12.6. The second-order valence-corrected chi connectivity index (χ2v) is 6.31. The predicted molar refractivity (Wildman–Crippen MR) is 97.9 cm³/mol. The quantitative estimate of drug-likeness (QED) is 0.696. The van der Waals surface area contributed by atoms with Gasteiger partial charge in [-0.3, -0.25) is 9.48 Å². The highest BCUT2D eigenvalue weighted by Crippen LogP contribution is 2.32. The van der Waals surface area contributed by atoms with Crippen molar-refractivity contribution < 1.29 is 23.1 Å². The van der Waals surface area contributed by atoms with Crippen LogP contribution in [0.25, 0.3) is 0 Å². The molecule has 0 spiro atoms. The fraction of sp³-hybridized carbons (Fsp3) is 0.200. The maximum atomic E-state index is 12.6. The lowest BCUT2D eigenvalue weighted by atomic mass is 10.1. The van der Waals surface area contributed by atoms with E-state index >= 15 is 0 Å². The van der Waals surface area contributed by atoms with Crippen LogP contribution in [0.3, 0.4) is 0 Å². The Morgan fingerprint density at radius 2 is 1.79 bits per heavy atom. The molecule has 146 valence electrons. The Kier molecular flexibility index (Phi) is 5.51. The summed E-state index contributed by atoms with van der Waals surface area (Å²) in [6.07, 6.45) is -5.34. The highest BCUT2D eigenvalue weighted by Gasteiger charge is 2.39. The van der Waals surface area contributed by atoms with Gasteiger partial charge in [0.1, 0.15) is 0 Å². The molecule has 2 aromatic carbocycles. The fourth-order valence-corrected chi connectivity index (χ4v) is 2.79. The fourth-order valence-electron chi connectivity index (χ4n) is 2.79. The number of amides is 1. The number of nitrogens with one attached hydrogen (secondary N) is 1. The second-order valence-electron chi connectivity index (χ2n) is 6.31. The van der Waals surface area contributed by atoms with Crippen LogP contribution in [0.4, 0.5) is 18.9 Å². The first-order valence-corrected chi connectivity index (χ1v) is 8.46. The number of aliphatic hydroxyl groups excluding tert-OH is 1. The number of aromatic nitrogens is 2. The number of carbonyl (C=O) groups excluding carboxylic acids is 1. The molecule has 3 rings (SSSR count). The van der Waals surface area contributed by atoms with Gasteiger partial charge in [-0.1, -0.05) is 42.5 Å². The Bertz CT molecular complexity index is 951. The van der Waals surface area contributed by atoms with Gasteiger partial charge in [0.2, 0.25) is 0 Å². The molecule has 0 aliphatic carbocycles. The molecule has 1 amide bonds. The van der Waals surface area contributed by atoms with Crippen molar-refractivity contribution in [3.8, 4) is 0 Å². The van der Waals surface area contributed by atoms with Crippen molar-refractivity contribution >= 4 is 11.6 Å². The van der Waals surface area contributed by atoms with Crippen LogP contribution in [0.2, 0.25) is 0 Å². The van der Waals surface area contributed by atoms with Gasteiger partial charge in [0.05, 0.1) is 17.5 Å². The van der Waals surface area contributed by atoms with Gasteiger partial charge in [-0.25, -0.2) is 0 Å².